The van der Waals surface area contributed by atoms with Crippen LogP contribution in [0.1, 0.15) is 19.8 Å². The van der Waals surface area contributed by atoms with E-state index < -0.39 is 0 Å². The Kier molecular flexibility index (Phi) is 4.76. The van der Waals surface area contributed by atoms with Crippen LogP contribution in [0.5, 0.6) is 0 Å². The molecule has 1 saturated heterocycles. The number of rotatable bonds is 6. The summed E-state index contributed by atoms with van der Waals surface area (Å²) in [4.78, 5) is 13.8. The molecule has 0 bridgehead atoms. The van der Waals surface area contributed by atoms with E-state index in [-0.39, 0.29) is 12.0 Å². The van der Waals surface area contributed by atoms with Crippen LogP contribution in [0.2, 0.25) is 0 Å². The maximum atomic E-state index is 11.4. The van der Waals surface area contributed by atoms with Gasteiger partial charge in [0.25, 0.3) is 0 Å². The maximum Gasteiger partial charge on any atom is 0.234 e. The molecule has 1 heterocycles. The highest BCUT2D eigenvalue weighted by atomic mass is 16.5. The van der Waals surface area contributed by atoms with E-state index in [1.165, 1.54) is 0 Å². The normalized spacial score (nSPS) is 25.8. The Morgan fingerprint density at radius 2 is 2.29 bits per heavy atom. The van der Waals surface area contributed by atoms with Crippen LogP contribution in [0.3, 0.4) is 0 Å². The minimum atomic E-state index is 0.107. The molecular formula is C12H23N3O2. The zero-order valence-corrected chi connectivity index (χ0v) is 10.6. The van der Waals surface area contributed by atoms with Crippen molar-refractivity contribution in [2.24, 2.45) is 0 Å². The van der Waals surface area contributed by atoms with Crippen LogP contribution >= 0.6 is 0 Å². The number of hydrogen-bond donors (Lipinski definition) is 2. The number of nitrogens with zero attached hydrogens (tertiary/aromatic N) is 1. The predicted molar refractivity (Wildman–Crippen MR) is 65.9 cm³/mol. The first-order valence-electron chi connectivity index (χ1n) is 6.62. The second-order valence-electron chi connectivity index (χ2n) is 4.86. The largest absolute Gasteiger partial charge is 0.374 e. The van der Waals surface area contributed by atoms with Gasteiger partial charge in [-0.2, -0.15) is 0 Å². The van der Waals surface area contributed by atoms with E-state index in [2.05, 4.69) is 22.5 Å². The first kappa shape index (κ1) is 12.8. The molecule has 98 valence electrons. The summed E-state index contributed by atoms with van der Waals surface area (Å²) in [6.45, 7) is 7.19. The Hall–Kier alpha value is -0.650. The van der Waals surface area contributed by atoms with E-state index in [4.69, 9.17) is 4.74 Å². The summed E-state index contributed by atoms with van der Waals surface area (Å²) in [6, 6.07) is 0.450. The van der Waals surface area contributed by atoms with Crippen LogP contribution in [0.4, 0.5) is 0 Å². The summed E-state index contributed by atoms with van der Waals surface area (Å²) >= 11 is 0. The molecule has 17 heavy (non-hydrogen) atoms. The van der Waals surface area contributed by atoms with Gasteiger partial charge in [0.1, 0.15) is 0 Å². The minimum absolute atomic E-state index is 0.107. The number of nitrogens with one attached hydrogen (secondary N) is 2. The van der Waals surface area contributed by atoms with Crippen molar-refractivity contribution in [2.75, 3.05) is 39.3 Å². The van der Waals surface area contributed by atoms with E-state index >= 15 is 0 Å². The Morgan fingerprint density at radius 3 is 3.00 bits per heavy atom. The third kappa shape index (κ3) is 4.61. The summed E-state index contributed by atoms with van der Waals surface area (Å²) < 4.78 is 5.65. The molecule has 1 atom stereocenters. The molecule has 0 aromatic rings. The van der Waals surface area contributed by atoms with Gasteiger partial charge in [0, 0.05) is 25.7 Å². The van der Waals surface area contributed by atoms with E-state index in [9.17, 15) is 4.79 Å². The summed E-state index contributed by atoms with van der Waals surface area (Å²) in [5, 5.41) is 6.13. The fraction of sp³-hybridized carbons (Fsp3) is 0.917. The van der Waals surface area contributed by atoms with Crippen molar-refractivity contribution in [3.8, 4) is 0 Å². The topological polar surface area (TPSA) is 53.6 Å². The summed E-state index contributed by atoms with van der Waals surface area (Å²) in [5.41, 5.74) is 0. The SMILES string of the molecule is CCN1CCOC(CNCC(=O)NC2CC2)C1. The Morgan fingerprint density at radius 1 is 1.47 bits per heavy atom. The molecule has 0 radical (unpaired) electrons. The quantitative estimate of drug-likeness (QED) is 0.663. The molecule has 5 heteroatoms. The average Bonchev–Trinajstić information content (AvgIpc) is 3.13. The fourth-order valence-electron chi connectivity index (χ4n) is 2.04. The zero-order chi connectivity index (χ0) is 12.1. The molecule has 1 aliphatic heterocycles. The van der Waals surface area contributed by atoms with Gasteiger partial charge in [-0.05, 0) is 19.4 Å². The highest BCUT2D eigenvalue weighted by molar-refractivity contribution is 5.78. The predicted octanol–water partition coefficient (Wildman–Crippen LogP) is -0.425. The molecule has 1 unspecified atom stereocenters. The zero-order valence-electron chi connectivity index (χ0n) is 10.6. The van der Waals surface area contributed by atoms with Crippen LogP contribution in [-0.2, 0) is 9.53 Å². The Labute approximate surface area is 103 Å². The first-order valence-corrected chi connectivity index (χ1v) is 6.62. The van der Waals surface area contributed by atoms with Crippen LogP contribution in [0, 0.1) is 0 Å². The van der Waals surface area contributed by atoms with E-state index in [1.807, 2.05) is 0 Å². The molecule has 0 aromatic heterocycles. The number of carbonyl (C=O) groups excluding carboxylic acids is 1. The smallest absolute Gasteiger partial charge is 0.234 e. The number of amides is 1. The highest BCUT2D eigenvalue weighted by Gasteiger charge is 2.23. The van der Waals surface area contributed by atoms with Crippen molar-refractivity contribution in [3.05, 3.63) is 0 Å². The number of carbonyl (C=O) groups is 1. The third-order valence-electron chi connectivity index (χ3n) is 3.27. The van der Waals surface area contributed by atoms with Crippen molar-refractivity contribution in [2.45, 2.75) is 31.9 Å². The molecule has 2 fully saturated rings. The molecule has 0 spiro atoms. The lowest BCUT2D eigenvalue weighted by molar-refractivity contribution is -0.120. The number of hydrogen-bond acceptors (Lipinski definition) is 4. The molecule has 2 rings (SSSR count). The number of morpholine rings is 1. The van der Waals surface area contributed by atoms with E-state index in [0.29, 0.717) is 12.6 Å². The van der Waals surface area contributed by atoms with Crippen LogP contribution in [0.25, 0.3) is 0 Å². The Balaban J connectivity index is 1.55. The second kappa shape index (κ2) is 6.33. The van der Waals surface area contributed by atoms with Crippen molar-refractivity contribution in [3.63, 3.8) is 0 Å². The summed E-state index contributed by atoms with van der Waals surface area (Å²) in [7, 11) is 0. The van der Waals surface area contributed by atoms with Gasteiger partial charge in [0.05, 0.1) is 19.3 Å². The average molecular weight is 241 g/mol. The van der Waals surface area contributed by atoms with Crippen molar-refractivity contribution in [1.29, 1.82) is 0 Å². The van der Waals surface area contributed by atoms with Crippen molar-refractivity contribution >= 4 is 5.91 Å². The van der Waals surface area contributed by atoms with E-state index in [0.717, 1.165) is 45.6 Å². The van der Waals surface area contributed by atoms with Crippen molar-refractivity contribution < 1.29 is 9.53 Å². The molecule has 5 nitrogen and oxygen atoms in total. The van der Waals surface area contributed by atoms with Crippen LogP contribution < -0.4 is 10.6 Å². The lowest BCUT2D eigenvalue weighted by atomic mass is 10.2. The van der Waals surface area contributed by atoms with Gasteiger partial charge in [0.2, 0.25) is 5.91 Å². The Bertz CT molecular complexity index is 256. The summed E-state index contributed by atoms with van der Waals surface area (Å²) in [5.74, 6) is 0.107. The molecular weight excluding hydrogens is 218 g/mol. The highest BCUT2D eigenvalue weighted by Crippen LogP contribution is 2.18. The van der Waals surface area contributed by atoms with Crippen molar-refractivity contribution in [1.82, 2.24) is 15.5 Å². The van der Waals surface area contributed by atoms with Gasteiger partial charge in [-0.25, -0.2) is 0 Å². The number of likely N-dealkylation sites (N-methyl/N-ethyl adjacent to an activating group) is 1. The lowest BCUT2D eigenvalue weighted by Crippen LogP contribution is -2.47. The van der Waals surface area contributed by atoms with Crippen LogP contribution in [-0.4, -0.2) is 62.3 Å². The third-order valence-corrected chi connectivity index (χ3v) is 3.27. The van der Waals surface area contributed by atoms with Gasteiger partial charge in [-0.15, -0.1) is 0 Å². The number of ether oxygens (including phenoxy) is 1. The van der Waals surface area contributed by atoms with Crippen LogP contribution in [0.15, 0.2) is 0 Å². The van der Waals surface area contributed by atoms with Gasteiger partial charge < -0.3 is 15.4 Å². The standard InChI is InChI=1S/C12H23N3O2/c1-2-15-5-6-17-11(9-15)7-13-8-12(16)14-10-3-4-10/h10-11,13H,2-9H2,1H3,(H,14,16). The molecule has 0 aromatic carbocycles. The maximum absolute atomic E-state index is 11.4. The van der Waals surface area contributed by atoms with Gasteiger partial charge in [-0.1, -0.05) is 6.92 Å². The van der Waals surface area contributed by atoms with E-state index in [1.54, 1.807) is 0 Å². The van der Waals surface area contributed by atoms with Gasteiger partial charge >= 0.3 is 0 Å². The molecule has 2 aliphatic rings. The fourth-order valence-corrected chi connectivity index (χ4v) is 2.04. The molecule has 1 amide bonds. The monoisotopic (exact) mass is 241 g/mol. The summed E-state index contributed by atoms with van der Waals surface area (Å²) in [6.07, 6.45) is 2.50. The molecule has 2 N–H and O–H groups in total. The minimum Gasteiger partial charge on any atom is -0.374 e. The first-order chi connectivity index (χ1) is 8.28. The van der Waals surface area contributed by atoms with Gasteiger partial charge in [0.15, 0.2) is 0 Å². The molecule has 1 aliphatic carbocycles. The lowest BCUT2D eigenvalue weighted by Gasteiger charge is -2.32. The second-order valence-corrected chi connectivity index (χ2v) is 4.86. The van der Waals surface area contributed by atoms with Gasteiger partial charge in [-0.3, -0.25) is 9.69 Å². The molecule has 1 saturated carbocycles.